The maximum Gasteiger partial charge on any atom is 0.321 e. The highest BCUT2D eigenvalue weighted by Crippen LogP contribution is 2.23. The Hall–Kier alpha value is -3.35. The molecule has 1 heterocycles. The van der Waals surface area contributed by atoms with Gasteiger partial charge in [0.2, 0.25) is 0 Å². The number of amides is 2. The molecule has 0 aliphatic heterocycles. The van der Waals surface area contributed by atoms with Crippen molar-refractivity contribution in [1.29, 1.82) is 0 Å². The number of benzene rings is 2. The average molecular weight is 352 g/mol. The van der Waals surface area contributed by atoms with Crippen molar-refractivity contribution in [1.82, 2.24) is 15.0 Å². The first-order chi connectivity index (χ1) is 12.7. The van der Waals surface area contributed by atoms with Gasteiger partial charge in [0.25, 0.3) is 5.89 Å². The number of anilines is 1. The van der Waals surface area contributed by atoms with Gasteiger partial charge in [-0.15, -0.1) is 0 Å². The Morgan fingerprint density at radius 1 is 1.15 bits per heavy atom. The van der Waals surface area contributed by atoms with E-state index in [-0.39, 0.29) is 6.03 Å². The molecular formula is C19H20N4O3. The number of carbonyl (C=O) groups is 1. The average Bonchev–Trinajstić information content (AvgIpc) is 3.16. The molecule has 7 heteroatoms. The largest absolute Gasteiger partial charge is 0.495 e. The van der Waals surface area contributed by atoms with Gasteiger partial charge in [0.05, 0.1) is 12.8 Å². The Morgan fingerprint density at radius 3 is 2.65 bits per heavy atom. The molecule has 26 heavy (non-hydrogen) atoms. The molecule has 3 rings (SSSR count). The summed E-state index contributed by atoms with van der Waals surface area (Å²) < 4.78 is 10.5. The van der Waals surface area contributed by atoms with E-state index in [1.807, 2.05) is 42.5 Å². The number of likely N-dealkylation sites (N-methyl/N-ethyl adjacent to an activating group) is 1. The third-order valence-corrected chi connectivity index (χ3v) is 3.85. The SMILES string of the molecule is COc1ccccc1NC(=O)N(C)CCc1noc(-c2ccccc2)n1. The molecule has 134 valence electrons. The molecule has 3 aromatic rings. The molecule has 0 aliphatic carbocycles. The predicted molar refractivity (Wildman–Crippen MR) is 98.1 cm³/mol. The fraction of sp³-hybridized carbons (Fsp3) is 0.211. The molecule has 0 bridgehead atoms. The second-order valence-corrected chi connectivity index (χ2v) is 5.68. The molecule has 0 spiro atoms. The number of hydrogen-bond donors (Lipinski definition) is 1. The molecule has 1 N–H and O–H groups in total. The van der Waals surface area contributed by atoms with Crippen LogP contribution >= 0.6 is 0 Å². The minimum Gasteiger partial charge on any atom is -0.495 e. The van der Waals surface area contributed by atoms with Gasteiger partial charge in [-0.2, -0.15) is 4.98 Å². The van der Waals surface area contributed by atoms with E-state index in [0.717, 1.165) is 5.56 Å². The summed E-state index contributed by atoms with van der Waals surface area (Å²) in [6.07, 6.45) is 0.492. The van der Waals surface area contributed by atoms with E-state index in [9.17, 15) is 4.79 Å². The van der Waals surface area contributed by atoms with Crippen LogP contribution in [-0.2, 0) is 6.42 Å². The summed E-state index contributed by atoms with van der Waals surface area (Å²) >= 11 is 0. The summed E-state index contributed by atoms with van der Waals surface area (Å²) in [7, 11) is 3.28. The van der Waals surface area contributed by atoms with Crippen molar-refractivity contribution in [3.8, 4) is 17.2 Å². The summed E-state index contributed by atoms with van der Waals surface area (Å²) in [5.41, 5.74) is 1.49. The van der Waals surface area contributed by atoms with Crippen molar-refractivity contribution in [2.45, 2.75) is 6.42 Å². The lowest BCUT2D eigenvalue weighted by atomic mass is 10.2. The van der Waals surface area contributed by atoms with Crippen LogP contribution in [0.3, 0.4) is 0 Å². The number of hydrogen-bond acceptors (Lipinski definition) is 5. The first kappa shape index (κ1) is 17.5. The van der Waals surface area contributed by atoms with Gasteiger partial charge in [0.1, 0.15) is 5.75 Å². The minimum absolute atomic E-state index is 0.235. The maximum atomic E-state index is 12.3. The second kappa shape index (κ2) is 8.15. The highest BCUT2D eigenvalue weighted by Gasteiger charge is 2.14. The zero-order valence-electron chi connectivity index (χ0n) is 14.7. The number of aromatic nitrogens is 2. The number of ether oxygens (including phenoxy) is 1. The number of carbonyl (C=O) groups excluding carboxylic acids is 1. The molecule has 7 nitrogen and oxygen atoms in total. The number of nitrogens with zero attached hydrogens (tertiary/aromatic N) is 3. The van der Waals surface area contributed by atoms with Gasteiger partial charge in [-0.25, -0.2) is 4.79 Å². The first-order valence-corrected chi connectivity index (χ1v) is 8.20. The van der Waals surface area contributed by atoms with E-state index < -0.39 is 0 Å². The van der Waals surface area contributed by atoms with Crippen LogP contribution in [0.4, 0.5) is 10.5 Å². The van der Waals surface area contributed by atoms with E-state index in [1.165, 1.54) is 0 Å². The Bertz CT molecular complexity index is 864. The number of urea groups is 1. The normalized spacial score (nSPS) is 10.4. The second-order valence-electron chi connectivity index (χ2n) is 5.68. The van der Waals surface area contributed by atoms with Gasteiger partial charge in [0, 0.05) is 25.6 Å². The molecular weight excluding hydrogens is 332 g/mol. The number of para-hydroxylation sites is 2. The molecule has 1 aromatic heterocycles. The van der Waals surface area contributed by atoms with Gasteiger partial charge in [-0.1, -0.05) is 35.5 Å². The molecule has 0 aliphatic rings. The molecule has 0 saturated carbocycles. The lowest BCUT2D eigenvalue weighted by Gasteiger charge is -2.18. The monoisotopic (exact) mass is 352 g/mol. The van der Waals surface area contributed by atoms with Crippen LogP contribution in [0.5, 0.6) is 5.75 Å². The van der Waals surface area contributed by atoms with Gasteiger partial charge < -0.3 is 19.5 Å². The fourth-order valence-electron chi connectivity index (χ4n) is 2.38. The molecule has 0 saturated heterocycles. The Morgan fingerprint density at radius 2 is 1.88 bits per heavy atom. The zero-order chi connectivity index (χ0) is 18.4. The van der Waals surface area contributed by atoms with Crippen LogP contribution in [-0.4, -0.2) is 41.8 Å². The van der Waals surface area contributed by atoms with E-state index in [1.54, 1.807) is 31.2 Å². The van der Waals surface area contributed by atoms with Crippen molar-refractivity contribution >= 4 is 11.7 Å². The van der Waals surface area contributed by atoms with E-state index in [0.29, 0.717) is 36.1 Å². The Labute approximate surface area is 151 Å². The number of rotatable bonds is 6. The molecule has 2 aromatic carbocycles. The van der Waals surface area contributed by atoms with Crippen LogP contribution in [0.25, 0.3) is 11.5 Å². The summed E-state index contributed by atoms with van der Waals surface area (Å²) in [6.45, 7) is 0.453. The van der Waals surface area contributed by atoms with Crippen LogP contribution in [0, 0.1) is 0 Å². The Kier molecular flexibility index (Phi) is 5.48. The summed E-state index contributed by atoms with van der Waals surface area (Å²) in [5.74, 6) is 1.64. The molecule has 0 fully saturated rings. The third kappa shape index (κ3) is 4.18. The fourth-order valence-corrected chi connectivity index (χ4v) is 2.38. The minimum atomic E-state index is -0.235. The van der Waals surface area contributed by atoms with Gasteiger partial charge in [0.15, 0.2) is 5.82 Å². The molecule has 2 amide bonds. The van der Waals surface area contributed by atoms with E-state index in [2.05, 4.69) is 15.5 Å². The number of methoxy groups -OCH3 is 1. The van der Waals surface area contributed by atoms with Gasteiger partial charge in [-0.3, -0.25) is 0 Å². The predicted octanol–water partition coefficient (Wildman–Crippen LogP) is 3.45. The quantitative estimate of drug-likeness (QED) is 0.735. The third-order valence-electron chi connectivity index (χ3n) is 3.85. The zero-order valence-corrected chi connectivity index (χ0v) is 14.7. The number of nitrogens with one attached hydrogen (secondary N) is 1. The summed E-state index contributed by atoms with van der Waals surface area (Å²) in [6, 6.07) is 16.6. The Balaban J connectivity index is 1.56. The highest BCUT2D eigenvalue weighted by atomic mass is 16.5. The molecule has 0 atom stereocenters. The smallest absolute Gasteiger partial charge is 0.321 e. The van der Waals surface area contributed by atoms with E-state index >= 15 is 0 Å². The lowest BCUT2D eigenvalue weighted by molar-refractivity contribution is 0.222. The van der Waals surface area contributed by atoms with Gasteiger partial charge >= 0.3 is 6.03 Å². The maximum absolute atomic E-state index is 12.3. The topological polar surface area (TPSA) is 80.5 Å². The molecule has 0 radical (unpaired) electrons. The van der Waals surface area contributed by atoms with Crippen molar-refractivity contribution in [3.05, 3.63) is 60.4 Å². The van der Waals surface area contributed by atoms with E-state index in [4.69, 9.17) is 9.26 Å². The lowest BCUT2D eigenvalue weighted by Crippen LogP contribution is -2.33. The summed E-state index contributed by atoms with van der Waals surface area (Å²) in [4.78, 5) is 18.3. The molecule has 0 unspecified atom stereocenters. The van der Waals surface area contributed by atoms with Crippen molar-refractivity contribution in [2.75, 3.05) is 26.0 Å². The first-order valence-electron chi connectivity index (χ1n) is 8.20. The van der Waals surface area contributed by atoms with Crippen LogP contribution in [0.2, 0.25) is 0 Å². The van der Waals surface area contributed by atoms with Crippen molar-refractivity contribution < 1.29 is 14.1 Å². The van der Waals surface area contributed by atoms with Crippen LogP contribution in [0.15, 0.2) is 59.1 Å². The standard InChI is InChI=1S/C19H20N4O3/c1-23(19(24)20-15-10-6-7-11-16(15)25-2)13-12-17-21-18(26-22-17)14-8-4-3-5-9-14/h3-11H,12-13H2,1-2H3,(H,20,24). The highest BCUT2D eigenvalue weighted by molar-refractivity contribution is 5.90. The van der Waals surface area contributed by atoms with Gasteiger partial charge in [-0.05, 0) is 24.3 Å². The van der Waals surface area contributed by atoms with Crippen molar-refractivity contribution in [3.63, 3.8) is 0 Å². The summed E-state index contributed by atoms with van der Waals surface area (Å²) in [5, 5.41) is 6.80. The van der Waals surface area contributed by atoms with Crippen LogP contribution in [0.1, 0.15) is 5.82 Å². The van der Waals surface area contributed by atoms with Crippen molar-refractivity contribution in [2.24, 2.45) is 0 Å². The van der Waals surface area contributed by atoms with Crippen LogP contribution < -0.4 is 10.1 Å².